The van der Waals surface area contributed by atoms with E-state index in [0.29, 0.717) is 12.3 Å². The summed E-state index contributed by atoms with van der Waals surface area (Å²) in [4.78, 5) is 12.2. The molecule has 0 bridgehead atoms. The van der Waals surface area contributed by atoms with Crippen LogP contribution in [0, 0.1) is 5.82 Å². The van der Waals surface area contributed by atoms with Gasteiger partial charge in [-0.1, -0.05) is 23.7 Å². The second kappa shape index (κ2) is 9.86. The fourth-order valence-electron chi connectivity index (χ4n) is 2.64. The number of sulfonamides is 1. The van der Waals surface area contributed by atoms with Crippen LogP contribution in [0.1, 0.15) is 18.4 Å². The zero-order valence-corrected chi connectivity index (χ0v) is 17.2. The van der Waals surface area contributed by atoms with Gasteiger partial charge in [-0.15, -0.1) is 0 Å². The monoisotopic (exact) mass is 428 g/mol. The van der Waals surface area contributed by atoms with Crippen molar-refractivity contribution >= 4 is 38.9 Å². The van der Waals surface area contributed by atoms with Crippen molar-refractivity contribution in [2.75, 3.05) is 29.5 Å². The Bertz CT molecular complexity index is 937. The maximum Gasteiger partial charge on any atom is 0.232 e. The Morgan fingerprint density at radius 3 is 2.64 bits per heavy atom. The highest BCUT2D eigenvalue weighted by atomic mass is 35.5. The molecule has 1 amide bonds. The smallest absolute Gasteiger partial charge is 0.232 e. The van der Waals surface area contributed by atoms with Gasteiger partial charge in [-0.3, -0.25) is 9.10 Å². The van der Waals surface area contributed by atoms with E-state index in [2.05, 4.69) is 5.32 Å². The molecule has 0 fully saturated rings. The lowest BCUT2D eigenvalue weighted by Gasteiger charge is -2.22. The lowest BCUT2D eigenvalue weighted by molar-refractivity contribution is -0.116. The summed E-state index contributed by atoms with van der Waals surface area (Å²) >= 11 is 5.75. The molecule has 1 N–H and O–H groups in total. The SMILES string of the molecule is COCc1cccc(NC(=O)CCCN(c2ccc(F)c(Cl)c2)S(C)(=O)=O)c1. The molecular weight excluding hydrogens is 407 g/mol. The molecule has 0 aromatic heterocycles. The quantitative estimate of drug-likeness (QED) is 0.659. The summed E-state index contributed by atoms with van der Waals surface area (Å²) in [6.45, 7) is 0.505. The van der Waals surface area contributed by atoms with E-state index in [9.17, 15) is 17.6 Å². The van der Waals surface area contributed by atoms with Crippen molar-refractivity contribution in [2.45, 2.75) is 19.4 Å². The molecule has 0 aliphatic rings. The van der Waals surface area contributed by atoms with E-state index in [1.807, 2.05) is 18.2 Å². The minimum Gasteiger partial charge on any atom is -0.380 e. The third-order valence-corrected chi connectivity index (χ3v) is 5.36. The number of amides is 1. The Balaban J connectivity index is 1.97. The summed E-state index contributed by atoms with van der Waals surface area (Å²) in [6.07, 6.45) is 1.45. The van der Waals surface area contributed by atoms with Gasteiger partial charge >= 0.3 is 0 Å². The standard InChI is InChI=1S/C19H22ClFN2O4S/c1-27-13-14-5-3-6-15(11-14)22-19(24)7-4-10-23(28(2,25)26)16-8-9-18(21)17(20)12-16/h3,5-6,8-9,11-12H,4,7,10,13H2,1-2H3,(H,22,24). The van der Waals surface area contributed by atoms with Gasteiger partial charge in [0.25, 0.3) is 0 Å². The van der Waals surface area contributed by atoms with Crippen molar-refractivity contribution in [3.63, 3.8) is 0 Å². The predicted molar refractivity (Wildman–Crippen MR) is 109 cm³/mol. The first-order valence-electron chi connectivity index (χ1n) is 8.51. The Hall–Kier alpha value is -2.16. The van der Waals surface area contributed by atoms with Crippen molar-refractivity contribution in [3.8, 4) is 0 Å². The van der Waals surface area contributed by atoms with Crippen LogP contribution in [-0.4, -0.2) is 34.2 Å². The molecule has 0 radical (unpaired) electrons. The second-order valence-electron chi connectivity index (χ2n) is 6.22. The van der Waals surface area contributed by atoms with Gasteiger partial charge in [0.2, 0.25) is 15.9 Å². The number of halogens is 2. The van der Waals surface area contributed by atoms with Gasteiger partial charge in [0.1, 0.15) is 5.82 Å². The summed E-state index contributed by atoms with van der Waals surface area (Å²) in [5.74, 6) is -0.867. The molecule has 0 aliphatic carbocycles. The van der Waals surface area contributed by atoms with Crippen molar-refractivity contribution < 1.29 is 22.3 Å². The number of benzene rings is 2. The van der Waals surface area contributed by atoms with Gasteiger partial charge in [0.15, 0.2) is 0 Å². The van der Waals surface area contributed by atoms with Crippen molar-refractivity contribution in [1.29, 1.82) is 0 Å². The maximum atomic E-state index is 13.3. The summed E-state index contributed by atoms with van der Waals surface area (Å²) in [7, 11) is -2.02. The molecule has 0 atom stereocenters. The third kappa shape index (κ3) is 6.47. The molecule has 0 unspecified atom stereocenters. The van der Waals surface area contributed by atoms with E-state index in [-0.39, 0.29) is 36.0 Å². The van der Waals surface area contributed by atoms with Crippen LogP contribution in [0.4, 0.5) is 15.8 Å². The summed E-state index contributed by atoms with van der Waals surface area (Å²) < 4.78 is 43.6. The van der Waals surface area contributed by atoms with Crippen LogP contribution in [0.5, 0.6) is 0 Å². The van der Waals surface area contributed by atoms with E-state index in [4.69, 9.17) is 16.3 Å². The lowest BCUT2D eigenvalue weighted by atomic mass is 10.2. The highest BCUT2D eigenvalue weighted by Gasteiger charge is 2.18. The van der Waals surface area contributed by atoms with Crippen LogP contribution >= 0.6 is 11.6 Å². The second-order valence-corrected chi connectivity index (χ2v) is 8.53. The topological polar surface area (TPSA) is 75.7 Å². The Morgan fingerprint density at radius 2 is 2.00 bits per heavy atom. The average Bonchev–Trinajstić information content (AvgIpc) is 2.61. The number of rotatable bonds is 9. The predicted octanol–water partition coefficient (Wildman–Crippen LogP) is 3.81. The number of nitrogens with one attached hydrogen (secondary N) is 1. The van der Waals surface area contributed by atoms with Crippen LogP contribution in [0.15, 0.2) is 42.5 Å². The molecule has 0 spiro atoms. The number of anilines is 2. The van der Waals surface area contributed by atoms with Crippen LogP contribution < -0.4 is 9.62 Å². The molecule has 152 valence electrons. The molecule has 28 heavy (non-hydrogen) atoms. The summed E-state index contributed by atoms with van der Waals surface area (Å²) in [5, 5.41) is 2.61. The maximum absolute atomic E-state index is 13.3. The van der Waals surface area contributed by atoms with Crippen LogP contribution in [0.2, 0.25) is 5.02 Å². The number of ether oxygens (including phenoxy) is 1. The third-order valence-electron chi connectivity index (χ3n) is 3.88. The fourth-order valence-corrected chi connectivity index (χ4v) is 3.77. The van der Waals surface area contributed by atoms with Gasteiger partial charge in [-0.05, 0) is 42.3 Å². The van der Waals surface area contributed by atoms with E-state index in [0.717, 1.165) is 22.2 Å². The van der Waals surface area contributed by atoms with Gasteiger partial charge < -0.3 is 10.1 Å². The molecular formula is C19H22ClFN2O4S. The number of hydrogen-bond donors (Lipinski definition) is 1. The first-order chi connectivity index (χ1) is 13.2. The van der Waals surface area contributed by atoms with E-state index in [1.165, 1.54) is 12.1 Å². The first kappa shape index (κ1) is 22.1. The van der Waals surface area contributed by atoms with Gasteiger partial charge in [0.05, 0.1) is 23.6 Å². The average molecular weight is 429 g/mol. The fraction of sp³-hybridized carbons (Fsp3) is 0.316. The van der Waals surface area contributed by atoms with Crippen molar-refractivity contribution in [1.82, 2.24) is 0 Å². The van der Waals surface area contributed by atoms with Crippen molar-refractivity contribution in [3.05, 3.63) is 58.9 Å². The highest BCUT2D eigenvalue weighted by Crippen LogP contribution is 2.24. The largest absolute Gasteiger partial charge is 0.380 e. The van der Waals surface area contributed by atoms with Gasteiger partial charge in [-0.25, -0.2) is 12.8 Å². The normalized spacial score (nSPS) is 11.3. The molecule has 0 heterocycles. The van der Waals surface area contributed by atoms with Crippen LogP contribution in [-0.2, 0) is 26.2 Å². The van der Waals surface area contributed by atoms with Crippen molar-refractivity contribution in [2.24, 2.45) is 0 Å². The molecule has 2 aromatic carbocycles. The minimum atomic E-state index is -3.61. The number of carbonyl (C=O) groups excluding carboxylic acids is 1. The highest BCUT2D eigenvalue weighted by molar-refractivity contribution is 7.92. The van der Waals surface area contributed by atoms with Crippen LogP contribution in [0.3, 0.4) is 0 Å². The van der Waals surface area contributed by atoms with Gasteiger partial charge in [-0.2, -0.15) is 0 Å². The molecule has 0 saturated heterocycles. The molecule has 0 aliphatic heterocycles. The summed E-state index contributed by atoms with van der Waals surface area (Å²) in [5.41, 5.74) is 1.82. The number of methoxy groups -OCH3 is 1. The van der Waals surface area contributed by atoms with E-state index >= 15 is 0 Å². The van der Waals surface area contributed by atoms with Gasteiger partial charge in [0, 0.05) is 25.8 Å². The molecule has 0 saturated carbocycles. The van der Waals surface area contributed by atoms with Crippen LogP contribution in [0.25, 0.3) is 0 Å². The molecule has 2 aromatic rings. The molecule has 2 rings (SSSR count). The Morgan fingerprint density at radius 1 is 1.25 bits per heavy atom. The molecule has 6 nitrogen and oxygen atoms in total. The number of carbonyl (C=O) groups is 1. The van der Waals surface area contributed by atoms with E-state index in [1.54, 1.807) is 13.2 Å². The number of hydrogen-bond acceptors (Lipinski definition) is 4. The lowest BCUT2D eigenvalue weighted by Crippen LogP contribution is -2.31. The first-order valence-corrected chi connectivity index (χ1v) is 10.7. The van der Waals surface area contributed by atoms with E-state index < -0.39 is 15.8 Å². The minimum absolute atomic E-state index is 0.0674. The Kier molecular flexibility index (Phi) is 7.79. The Labute approximate surface area is 169 Å². The zero-order valence-electron chi connectivity index (χ0n) is 15.6. The summed E-state index contributed by atoms with van der Waals surface area (Å²) in [6, 6.07) is 11.0. The zero-order chi connectivity index (χ0) is 20.7. The number of nitrogens with zero attached hydrogens (tertiary/aromatic N) is 1. The molecule has 9 heteroatoms.